The van der Waals surface area contributed by atoms with Crippen molar-refractivity contribution in [1.82, 2.24) is 0 Å². The lowest BCUT2D eigenvalue weighted by Gasteiger charge is -2.06. The molecule has 0 saturated heterocycles. The highest BCUT2D eigenvalue weighted by atomic mass is 19.1. The number of nitro groups is 2. The van der Waals surface area contributed by atoms with Gasteiger partial charge in [-0.2, -0.15) is 4.39 Å². The average molecular weight is 302 g/mol. The van der Waals surface area contributed by atoms with Gasteiger partial charge < -0.3 is 0 Å². The minimum Gasteiger partial charge on any atom is -0.279 e. The first-order valence-corrected chi connectivity index (χ1v) is 5.72. The Morgan fingerprint density at radius 1 is 1.24 bits per heavy atom. The molecule has 0 spiro atoms. The highest BCUT2D eigenvalue weighted by Gasteiger charge is 2.27. The molecular weight excluding hydrogens is 291 g/mol. The van der Waals surface area contributed by atoms with Crippen LogP contribution in [0.2, 0.25) is 0 Å². The molecule has 0 N–H and O–H groups in total. The Balaban J connectivity index is 3.01. The second-order valence-electron chi connectivity index (χ2n) is 4.42. The van der Waals surface area contributed by atoms with Gasteiger partial charge in [-0.3, -0.25) is 30.0 Å². The number of hydrogen-bond donors (Lipinski definition) is 0. The molecule has 21 heavy (non-hydrogen) atoms. The molecule has 0 saturated carbocycles. The summed E-state index contributed by atoms with van der Waals surface area (Å²) in [5, 5.41) is 21.3. The van der Waals surface area contributed by atoms with Gasteiger partial charge in [0, 0.05) is 6.07 Å². The van der Waals surface area contributed by atoms with Crippen LogP contribution >= 0.6 is 0 Å². The second-order valence-corrected chi connectivity index (χ2v) is 4.42. The monoisotopic (exact) mass is 302 g/mol. The molecule has 114 valence electrons. The van der Waals surface area contributed by atoms with Gasteiger partial charge >= 0.3 is 17.3 Å². The Labute approximate surface area is 117 Å². The molecule has 1 rings (SSSR count). The van der Waals surface area contributed by atoms with Crippen LogP contribution in [0.25, 0.3) is 0 Å². The van der Waals surface area contributed by atoms with Crippen molar-refractivity contribution in [1.29, 1.82) is 0 Å². The van der Waals surface area contributed by atoms with E-state index >= 15 is 0 Å². The fraction of sp³-hybridized carbons (Fsp3) is 0.364. The largest absolute Gasteiger partial charge is 0.355 e. The summed E-state index contributed by atoms with van der Waals surface area (Å²) in [5.41, 5.74) is -1.97. The molecular formula is C11H11FN2O7. The van der Waals surface area contributed by atoms with Crippen LogP contribution in [0.3, 0.4) is 0 Å². The van der Waals surface area contributed by atoms with Crippen LogP contribution in [0.4, 0.5) is 15.8 Å². The van der Waals surface area contributed by atoms with Crippen molar-refractivity contribution in [2.75, 3.05) is 0 Å². The minimum atomic E-state index is -1.35. The molecule has 0 heterocycles. The zero-order valence-corrected chi connectivity index (χ0v) is 11.1. The van der Waals surface area contributed by atoms with E-state index in [4.69, 9.17) is 0 Å². The van der Waals surface area contributed by atoms with Crippen molar-refractivity contribution in [2.24, 2.45) is 5.92 Å². The van der Waals surface area contributed by atoms with Gasteiger partial charge in [-0.05, 0) is 5.92 Å². The summed E-state index contributed by atoms with van der Waals surface area (Å²) in [6.07, 6.45) is -0.0107. The summed E-state index contributed by atoms with van der Waals surface area (Å²) >= 11 is 0. The first-order valence-electron chi connectivity index (χ1n) is 5.72. The first kappa shape index (κ1) is 16.3. The van der Waals surface area contributed by atoms with E-state index in [0.717, 1.165) is 0 Å². The molecule has 0 bridgehead atoms. The number of halogens is 1. The lowest BCUT2D eigenvalue weighted by molar-refractivity contribution is -0.397. The van der Waals surface area contributed by atoms with E-state index in [2.05, 4.69) is 9.78 Å². The lowest BCUT2D eigenvalue weighted by atomic mass is 10.1. The first-order chi connectivity index (χ1) is 9.72. The van der Waals surface area contributed by atoms with Crippen LogP contribution in [0.5, 0.6) is 5.75 Å². The van der Waals surface area contributed by atoms with Crippen LogP contribution in [0.1, 0.15) is 20.3 Å². The lowest BCUT2D eigenvalue weighted by Crippen LogP contribution is -2.11. The summed E-state index contributed by atoms with van der Waals surface area (Å²) in [6, 6.07) is 0.805. The molecule has 0 aliphatic carbocycles. The topological polar surface area (TPSA) is 122 Å². The normalized spacial score (nSPS) is 10.3. The zero-order valence-electron chi connectivity index (χ0n) is 11.1. The predicted molar refractivity (Wildman–Crippen MR) is 65.9 cm³/mol. The maximum Gasteiger partial charge on any atom is 0.355 e. The Hall–Kier alpha value is -2.78. The van der Waals surface area contributed by atoms with Gasteiger partial charge in [0.05, 0.1) is 16.3 Å². The number of carbonyl (C=O) groups is 1. The van der Waals surface area contributed by atoms with Gasteiger partial charge in [-0.25, -0.2) is 4.79 Å². The van der Waals surface area contributed by atoms with Gasteiger partial charge in [0.2, 0.25) is 5.82 Å². The van der Waals surface area contributed by atoms with Crippen LogP contribution < -0.4 is 4.89 Å². The number of nitro benzene ring substituents is 2. The number of rotatable bonds is 6. The molecule has 0 atom stereocenters. The molecule has 10 heteroatoms. The third-order valence-corrected chi connectivity index (χ3v) is 2.22. The fourth-order valence-corrected chi connectivity index (χ4v) is 1.34. The fourth-order valence-electron chi connectivity index (χ4n) is 1.34. The van der Waals surface area contributed by atoms with Gasteiger partial charge in [-0.15, -0.1) is 0 Å². The van der Waals surface area contributed by atoms with E-state index in [1.165, 1.54) is 0 Å². The summed E-state index contributed by atoms with van der Waals surface area (Å²) in [4.78, 5) is 39.1. The van der Waals surface area contributed by atoms with Gasteiger partial charge in [-0.1, -0.05) is 13.8 Å². The van der Waals surface area contributed by atoms with Crippen molar-refractivity contribution in [3.63, 3.8) is 0 Å². The van der Waals surface area contributed by atoms with E-state index in [0.29, 0.717) is 12.1 Å². The molecule has 0 unspecified atom stereocenters. The molecule has 9 nitrogen and oxygen atoms in total. The number of benzene rings is 1. The maximum absolute atomic E-state index is 13.4. The minimum absolute atomic E-state index is 0.0107. The zero-order chi connectivity index (χ0) is 16.2. The highest BCUT2D eigenvalue weighted by molar-refractivity contribution is 5.69. The number of carbonyl (C=O) groups excluding carboxylic acids is 1. The van der Waals surface area contributed by atoms with Crippen molar-refractivity contribution in [3.05, 3.63) is 38.2 Å². The number of hydrogen-bond acceptors (Lipinski definition) is 7. The summed E-state index contributed by atoms with van der Waals surface area (Å²) < 4.78 is 13.4. The molecule has 1 aromatic rings. The molecule has 0 aromatic heterocycles. The average Bonchev–Trinajstić information content (AvgIpc) is 2.34. The molecule has 0 fully saturated rings. The van der Waals surface area contributed by atoms with E-state index in [9.17, 15) is 29.4 Å². The number of nitrogens with zero attached hydrogens (tertiary/aromatic N) is 2. The second kappa shape index (κ2) is 6.59. The Morgan fingerprint density at radius 3 is 2.29 bits per heavy atom. The van der Waals surface area contributed by atoms with Gasteiger partial charge in [0.15, 0.2) is 0 Å². The maximum atomic E-state index is 13.4. The predicted octanol–water partition coefficient (Wildman–Crippen LogP) is 2.53. The molecule has 0 aliphatic rings. The van der Waals surface area contributed by atoms with Crippen LogP contribution in [0.15, 0.2) is 12.1 Å². The Kier molecular flexibility index (Phi) is 5.11. The van der Waals surface area contributed by atoms with Crippen molar-refractivity contribution in [2.45, 2.75) is 20.3 Å². The summed E-state index contributed by atoms with van der Waals surface area (Å²) in [7, 11) is 0. The third kappa shape index (κ3) is 4.37. The summed E-state index contributed by atoms with van der Waals surface area (Å²) in [6.45, 7) is 3.46. The standard InChI is InChI=1S/C11H11FN2O7/c1-6(2)3-11(15)21-20-10-4-7(12)8(13(16)17)5-9(10)14(18)19/h4-6H,3H2,1-2H3. The van der Waals surface area contributed by atoms with Gasteiger partial charge in [0.1, 0.15) is 6.07 Å². The molecule has 1 aromatic carbocycles. The Bertz CT molecular complexity index is 588. The highest BCUT2D eigenvalue weighted by Crippen LogP contribution is 2.33. The molecule has 0 aliphatic heterocycles. The van der Waals surface area contributed by atoms with Crippen LogP contribution in [-0.2, 0) is 9.68 Å². The third-order valence-electron chi connectivity index (χ3n) is 2.22. The van der Waals surface area contributed by atoms with Gasteiger partial charge in [0.25, 0.3) is 5.75 Å². The molecule has 0 amide bonds. The van der Waals surface area contributed by atoms with Crippen molar-refractivity contribution < 1.29 is 28.8 Å². The quantitative estimate of drug-likeness (QED) is 0.449. The summed E-state index contributed by atoms with van der Waals surface area (Å²) in [5.74, 6) is -2.93. The van der Waals surface area contributed by atoms with E-state index in [-0.39, 0.29) is 12.3 Å². The van der Waals surface area contributed by atoms with Crippen LogP contribution in [0, 0.1) is 32.0 Å². The van der Waals surface area contributed by atoms with Crippen LogP contribution in [-0.4, -0.2) is 15.8 Å². The van der Waals surface area contributed by atoms with E-state index in [1.807, 2.05) is 0 Å². The smallest absolute Gasteiger partial charge is 0.279 e. The van der Waals surface area contributed by atoms with Crippen molar-refractivity contribution >= 4 is 17.3 Å². The Morgan fingerprint density at radius 2 is 1.81 bits per heavy atom. The van der Waals surface area contributed by atoms with E-state index < -0.39 is 38.8 Å². The van der Waals surface area contributed by atoms with Crippen molar-refractivity contribution in [3.8, 4) is 5.75 Å². The molecule has 0 radical (unpaired) electrons. The van der Waals surface area contributed by atoms with E-state index in [1.54, 1.807) is 13.8 Å². The SMILES string of the molecule is CC(C)CC(=O)OOc1cc(F)c([N+](=O)[O-])cc1[N+](=O)[O-].